The van der Waals surface area contributed by atoms with E-state index in [9.17, 15) is 18.0 Å². The number of aryl methyl sites for hydroxylation is 1. The summed E-state index contributed by atoms with van der Waals surface area (Å²) in [4.78, 5) is 31.4. The van der Waals surface area contributed by atoms with Crippen molar-refractivity contribution in [2.45, 2.75) is 56.9 Å². The maximum atomic E-state index is 14.2. The standard InChI is InChI=1S/C33H43N5O5S/c1-35-16-18-36(2)33(40)26-14-15-38-29-20-23(32(39)34-44(41,42)37(3)19-17-35)10-12-27(29)30(22-8-6-5-7-9-22)31(38)25-13-11-24(43-4)21-28(25)26/h10-13,20-22,26H,5-9,14-19H2,1-4H3,(H,34,39). The molecule has 1 fully saturated rings. The number of benzene rings is 2. The van der Waals surface area contributed by atoms with Crippen LogP contribution in [0.25, 0.3) is 22.2 Å². The van der Waals surface area contributed by atoms with Gasteiger partial charge >= 0.3 is 10.2 Å². The van der Waals surface area contributed by atoms with Crippen LogP contribution in [-0.4, -0.2) is 93.3 Å². The fourth-order valence-corrected chi connectivity index (χ4v) is 8.01. The van der Waals surface area contributed by atoms with Gasteiger partial charge in [0.2, 0.25) is 5.91 Å². The number of amides is 2. The number of nitrogens with one attached hydrogen (secondary N) is 1. The zero-order valence-electron chi connectivity index (χ0n) is 26.1. The minimum atomic E-state index is -4.05. The molecule has 44 heavy (non-hydrogen) atoms. The predicted molar refractivity (Wildman–Crippen MR) is 171 cm³/mol. The number of aromatic nitrogens is 1. The number of carbonyl (C=O) groups is 2. The van der Waals surface area contributed by atoms with Crippen molar-refractivity contribution in [1.29, 1.82) is 0 Å². The van der Waals surface area contributed by atoms with Crippen LogP contribution in [0.5, 0.6) is 5.75 Å². The smallest absolute Gasteiger partial charge is 0.303 e. The molecular formula is C33H43N5O5S. The summed E-state index contributed by atoms with van der Waals surface area (Å²) < 4.78 is 37.6. The summed E-state index contributed by atoms with van der Waals surface area (Å²) in [7, 11) is 2.82. The summed E-state index contributed by atoms with van der Waals surface area (Å²) in [6.45, 7) is 2.32. The molecule has 0 saturated heterocycles. The van der Waals surface area contributed by atoms with Crippen LogP contribution in [0.1, 0.15) is 71.8 Å². The Morgan fingerprint density at radius 1 is 0.864 bits per heavy atom. The Labute approximate surface area is 260 Å². The highest BCUT2D eigenvalue weighted by Gasteiger charge is 2.35. The molecular weight excluding hydrogens is 578 g/mol. The van der Waals surface area contributed by atoms with Gasteiger partial charge in [-0.25, -0.2) is 4.72 Å². The molecule has 0 radical (unpaired) electrons. The van der Waals surface area contributed by atoms with Gasteiger partial charge in [0.05, 0.1) is 18.7 Å². The molecule has 3 aromatic rings. The van der Waals surface area contributed by atoms with E-state index in [-0.39, 0.29) is 23.9 Å². The van der Waals surface area contributed by atoms with Crippen LogP contribution in [0, 0.1) is 0 Å². The first-order valence-corrected chi connectivity index (χ1v) is 17.1. The summed E-state index contributed by atoms with van der Waals surface area (Å²) in [5, 5.41) is 1.09. The van der Waals surface area contributed by atoms with Gasteiger partial charge in [0.25, 0.3) is 5.91 Å². The van der Waals surface area contributed by atoms with Crippen LogP contribution in [0.4, 0.5) is 0 Å². The SMILES string of the molecule is COc1ccc2c(c1)C1CCn3c-2c(C2CCCCC2)c2ccc(cc23)C(=O)NS(=O)(=O)N(C)CCN(C)CCN(C)C1=O. The molecule has 1 saturated carbocycles. The molecule has 3 heterocycles. The molecule has 4 bridgehead atoms. The highest BCUT2D eigenvalue weighted by Crippen LogP contribution is 2.48. The average molecular weight is 622 g/mol. The van der Waals surface area contributed by atoms with E-state index in [1.54, 1.807) is 18.1 Å². The molecule has 11 heteroatoms. The minimum absolute atomic E-state index is 0.0584. The third-order valence-electron chi connectivity index (χ3n) is 9.83. The third kappa shape index (κ3) is 5.61. The van der Waals surface area contributed by atoms with Crippen molar-refractivity contribution in [2.75, 3.05) is 54.4 Å². The first-order valence-electron chi connectivity index (χ1n) is 15.7. The van der Waals surface area contributed by atoms with E-state index in [1.165, 1.54) is 31.9 Å². The van der Waals surface area contributed by atoms with Crippen molar-refractivity contribution in [3.63, 3.8) is 0 Å². The summed E-state index contributed by atoms with van der Waals surface area (Å²) in [6, 6.07) is 11.6. The second-order valence-electron chi connectivity index (χ2n) is 12.6. The highest BCUT2D eigenvalue weighted by molar-refractivity contribution is 7.87. The van der Waals surface area contributed by atoms with Gasteiger partial charge in [0.15, 0.2) is 0 Å². The van der Waals surface area contributed by atoms with E-state index in [4.69, 9.17) is 4.74 Å². The molecule has 1 N–H and O–H groups in total. The number of fused-ring (bicyclic) bond motifs is 6. The normalized spacial score (nSPS) is 22.5. The lowest BCUT2D eigenvalue weighted by Gasteiger charge is -2.28. The Morgan fingerprint density at radius 2 is 1.61 bits per heavy atom. The molecule has 2 amide bonds. The van der Waals surface area contributed by atoms with Crippen LogP contribution in [0.15, 0.2) is 36.4 Å². The first-order chi connectivity index (χ1) is 21.1. The van der Waals surface area contributed by atoms with Gasteiger partial charge in [-0.05, 0) is 73.7 Å². The summed E-state index contributed by atoms with van der Waals surface area (Å²) in [5.41, 5.74) is 5.54. The van der Waals surface area contributed by atoms with E-state index >= 15 is 0 Å². The third-order valence-corrected chi connectivity index (χ3v) is 11.3. The number of carbonyl (C=O) groups excluding carboxylic acids is 2. The molecule has 0 spiro atoms. The summed E-state index contributed by atoms with van der Waals surface area (Å²) in [5.74, 6) is 0.121. The monoisotopic (exact) mass is 621 g/mol. The zero-order valence-corrected chi connectivity index (χ0v) is 27.0. The lowest BCUT2D eigenvalue weighted by atomic mass is 9.80. The van der Waals surface area contributed by atoms with E-state index in [0.717, 1.165) is 50.6 Å². The Hall–Kier alpha value is -3.41. The Bertz CT molecular complexity index is 1690. The van der Waals surface area contributed by atoms with Gasteiger partial charge in [0.1, 0.15) is 5.75 Å². The number of nitrogens with zero attached hydrogens (tertiary/aromatic N) is 4. The van der Waals surface area contributed by atoms with Gasteiger partial charge in [-0.15, -0.1) is 0 Å². The Balaban J connectivity index is 1.58. The molecule has 1 unspecified atom stereocenters. The van der Waals surface area contributed by atoms with Crippen molar-refractivity contribution < 1.29 is 22.7 Å². The van der Waals surface area contributed by atoms with Gasteiger partial charge in [-0.2, -0.15) is 12.7 Å². The topological polar surface area (TPSA) is 104 Å². The fraction of sp³-hybridized carbons (Fsp3) is 0.515. The lowest BCUT2D eigenvalue weighted by Crippen LogP contribution is -2.45. The van der Waals surface area contributed by atoms with Crippen molar-refractivity contribution in [2.24, 2.45) is 0 Å². The van der Waals surface area contributed by atoms with E-state index in [0.29, 0.717) is 38.5 Å². The molecule has 10 nitrogen and oxygen atoms in total. The maximum Gasteiger partial charge on any atom is 0.303 e. The number of hydrogen-bond donors (Lipinski definition) is 1. The lowest BCUT2D eigenvalue weighted by molar-refractivity contribution is -0.131. The molecule has 236 valence electrons. The molecule has 3 aliphatic rings. The van der Waals surface area contributed by atoms with Crippen LogP contribution < -0.4 is 9.46 Å². The predicted octanol–water partition coefficient (Wildman–Crippen LogP) is 4.16. The molecule has 6 rings (SSSR count). The number of rotatable bonds is 2. The maximum absolute atomic E-state index is 14.2. The highest BCUT2D eigenvalue weighted by atomic mass is 32.2. The summed E-state index contributed by atoms with van der Waals surface area (Å²) >= 11 is 0. The van der Waals surface area contributed by atoms with Crippen LogP contribution >= 0.6 is 0 Å². The van der Waals surface area contributed by atoms with E-state index in [2.05, 4.69) is 15.4 Å². The van der Waals surface area contributed by atoms with Crippen molar-refractivity contribution in [3.05, 3.63) is 53.1 Å². The summed E-state index contributed by atoms with van der Waals surface area (Å²) in [6.07, 6.45) is 6.32. The molecule has 1 aromatic heterocycles. The zero-order chi connectivity index (χ0) is 31.2. The van der Waals surface area contributed by atoms with Crippen LogP contribution in [-0.2, 0) is 21.5 Å². The number of ether oxygens (including phenoxy) is 1. The van der Waals surface area contributed by atoms with Gasteiger partial charge < -0.3 is 19.1 Å². The first kappa shape index (κ1) is 30.6. The number of likely N-dealkylation sites (N-methyl/N-ethyl adjacent to an activating group) is 3. The second kappa shape index (κ2) is 12.2. The largest absolute Gasteiger partial charge is 0.497 e. The van der Waals surface area contributed by atoms with Gasteiger partial charge in [0, 0.05) is 68.8 Å². The number of hydrogen-bond acceptors (Lipinski definition) is 6. The van der Waals surface area contributed by atoms with Crippen molar-refractivity contribution in [3.8, 4) is 17.0 Å². The quantitative estimate of drug-likeness (QED) is 0.461. The number of methoxy groups -OCH3 is 1. The Kier molecular flexibility index (Phi) is 8.47. The second-order valence-corrected chi connectivity index (χ2v) is 14.4. The molecule has 1 atom stereocenters. The van der Waals surface area contributed by atoms with E-state index < -0.39 is 16.1 Å². The average Bonchev–Trinajstić information content (AvgIpc) is 3.25. The molecule has 2 aromatic carbocycles. The molecule has 1 aliphatic carbocycles. The van der Waals surface area contributed by atoms with Crippen LogP contribution in [0.3, 0.4) is 0 Å². The minimum Gasteiger partial charge on any atom is -0.497 e. The molecule has 2 aliphatic heterocycles. The fourth-order valence-electron chi connectivity index (χ4n) is 7.18. The van der Waals surface area contributed by atoms with Gasteiger partial charge in [-0.1, -0.05) is 25.3 Å². The van der Waals surface area contributed by atoms with Crippen molar-refractivity contribution >= 4 is 32.9 Å². The van der Waals surface area contributed by atoms with Crippen molar-refractivity contribution in [1.82, 2.24) is 23.4 Å². The van der Waals surface area contributed by atoms with Gasteiger partial charge in [-0.3, -0.25) is 9.59 Å². The van der Waals surface area contributed by atoms with Crippen LogP contribution in [0.2, 0.25) is 0 Å². The van der Waals surface area contributed by atoms with E-state index in [1.807, 2.05) is 43.3 Å². The Morgan fingerprint density at radius 3 is 2.36 bits per heavy atom.